The average molecular weight is 500 g/mol. The molecule has 35 heavy (non-hydrogen) atoms. The smallest absolute Gasteiger partial charge is 0.376 e. The molecule has 1 aromatic rings. The van der Waals surface area contributed by atoms with Crippen LogP contribution in [-0.4, -0.2) is 76.5 Å². The zero-order valence-corrected chi connectivity index (χ0v) is 20.4. The summed E-state index contributed by atoms with van der Waals surface area (Å²) >= 11 is 1.35. The van der Waals surface area contributed by atoms with E-state index in [0.717, 1.165) is 18.5 Å². The molecule has 0 aliphatic carbocycles. The van der Waals surface area contributed by atoms with Gasteiger partial charge in [-0.05, 0) is 55.7 Å². The number of nitrogens with zero attached hydrogens (tertiary/aromatic N) is 2. The number of hydrogen-bond donors (Lipinski definition) is 2. The van der Waals surface area contributed by atoms with E-state index in [0.29, 0.717) is 44.5 Å². The monoisotopic (exact) mass is 499 g/mol. The maximum atomic E-state index is 13.1. The largest absolute Gasteiger partial charge is 0.501 e. The van der Waals surface area contributed by atoms with Crippen molar-refractivity contribution in [3.8, 4) is 0 Å². The molecule has 2 atom stereocenters. The summed E-state index contributed by atoms with van der Waals surface area (Å²) in [4.78, 5) is 52.0. The van der Waals surface area contributed by atoms with Gasteiger partial charge < -0.3 is 15.4 Å². The molecule has 10 heteroatoms. The SMILES string of the molecule is O=C(C[N+]1=C2C=CSC2C(=O)N(CCCCCC(=O)Nc2ccccc2)C1=O)NCC1CCCO1. The van der Waals surface area contributed by atoms with Crippen LogP contribution in [0.5, 0.6) is 0 Å². The maximum Gasteiger partial charge on any atom is 0.501 e. The Balaban J connectivity index is 1.26. The molecule has 0 bridgehead atoms. The predicted octanol–water partition coefficient (Wildman–Crippen LogP) is 2.53. The lowest BCUT2D eigenvalue weighted by molar-refractivity contribution is -0.426. The minimum Gasteiger partial charge on any atom is -0.376 e. The van der Waals surface area contributed by atoms with Crippen molar-refractivity contribution in [2.75, 3.05) is 31.6 Å². The Hall–Kier alpha value is -2.98. The van der Waals surface area contributed by atoms with Crippen LogP contribution in [0.1, 0.15) is 38.5 Å². The summed E-state index contributed by atoms with van der Waals surface area (Å²) in [7, 11) is 0. The van der Waals surface area contributed by atoms with Crippen LogP contribution in [0.3, 0.4) is 0 Å². The Bertz CT molecular complexity index is 1020. The molecule has 9 nitrogen and oxygen atoms in total. The van der Waals surface area contributed by atoms with Crippen LogP contribution >= 0.6 is 11.8 Å². The first kappa shape index (κ1) is 25.1. The fraction of sp³-hybridized carbons (Fsp3) is 0.480. The van der Waals surface area contributed by atoms with Gasteiger partial charge >= 0.3 is 11.9 Å². The third-order valence-electron chi connectivity index (χ3n) is 6.18. The number of rotatable bonds is 11. The van der Waals surface area contributed by atoms with Crippen LogP contribution in [-0.2, 0) is 19.1 Å². The summed E-state index contributed by atoms with van der Waals surface area (Å²) in [6.45, 7) is 1.26. The molecular weight excluding hydrogens is 468 g/mol. The van der Waals surface area contributed by atoms with Gasteiger partial charge in [-0.1, -0.05) is 18.2 Å². The molecule has 186 valence electrons. The van der Waals surface area contributed by atoms with Crippen LogP contribution in [0, 0.1) is 0 Å². The highest BCUT2D eigenvalue weighted by Crippen LogP contribution is 2.28. The van der Waals surface area contributed by atoms with Gasteiger partial charge in [-0.2, -0.15) is 14.3 Å². The minimum absolute atomic E-state index is 0.0196. The summed E-state index contributed by atoms with van der Waals surface area (Å²) in [5, 5.41) is 6.98. The summed E-state index contributed by atoms with van der Waals surface area (Å²) in [6, 6.07) is 8.81. The number of amides is 5. The van der Waals surface area contributed by atoms with Crippen molar-refractivity contribution in [3.05, 3.63) is 41.8 Å². The molecule has 0 aromatic heterocycles. The molecule has 3 heterocycles. The number of ether oxygens (including phenoxy) is 1. The Morgan fingerprint density at radius 3 is 2.71 bits per heavy atom. The number of thioether (sulfide) groups is 1. The van der Waals surface area contributed by atoms with Gasteiger partial charge in [-0.25, -0.2) is 4.79 Å². The van der Waals surface area contributed by atoms with Crippen molar-refractivity contribution in [3.63, 3.8) is 0 Å². The maximum absolute atomic E-state index is 13.1. The summed E-state index contributed by atoms with van der Waals surface area (Å²) in [5.74, 6) is -0.587. The molecule has 3 aliphatic rings. The molecule has 4 rings (SSSR count). The van der Waals surface area contributed by atoms with Crippen molar-refractivity contribution in [2.45, 2.75) is 49.9 Å². The van der Waals surface area contributed by atoms with E-state index in [1.54, 1.807) is 11.5 Å². The van der Waals surface area contributed by atoms with Crippen LogP contribution in [0.4, 0.5) is 10.5 Å². The Labute approximate surface area is 209 Å². The Kier molecular flexibility index (Phi) is 8.70. The molecule has 0 spiro atoms. The van der Waals surface area contributed by atoms with Crippen LogP contribution in [0.15, 0.2) is 41.8 Å². The number of allylic oxidation sites excluding steroid dienone is 1. The van der Waals surface area contributed by atoms with Crippen molar-refractivity contribution >= 4 is 46.9 Å². The quantitative estimate of drug-likeness (QED) is 0.358. The highest BCUT2D eigenvalue weighted by Gasteiger charge is 2.49. The fourth-order valence-electron chi connectivity index (χ4n) is 4.33. The van der Waals surface area contributed by atoms with E-state index < -0.39 is 11.3 Å². The lowest BCUT2D eigenvalue weighted by Crippen LogP contribution is -2.56. The number of carbonyl (C=O) groups excluding carboxylic acids is 4. The first-order valence-corrected chi connectivity index (χ1v) is 13.0. The standard InChI is InChI=1S/C25H30N4O5S/c30-21(27-18-8-3-1-4-9-18)11-5-2-6-13-28-24(32)23-20(12-15-35-23)29(25(28)33)17-22(31)26-16-19-10-7-14-34-19/h1,3-4,8-9,12,15,19,23H,2,5-7,10-11,13-14,16-17H2,(H-,26,27,30,31)/p+1. The normalized spacial score (nSPS) is 21.4. The molecule has 0 saturated carbocycles. The average Bonchev–Trinajstić information content (AvgIpc) is 3.55. The lowest BCUT2D eigenvalue weighted by Gasteiger charge is -2.24. The molecule has 1 saturated heterocycles. The number of para-hydroxylation sites is 1. The van der Waals surface area contributed by atoms with Gasteiger partial charge in [0.25, 0.3) is 5.91 Å². The highest BCUT2D eigenvalue weighted by atomic mass is 32.2. The number of imide groups is 1. The molecule has 3 aliphatic heterocycles. The molecular formula is C25H31N4O5S+. The second-order valence-corrected chi connectivity index (χ2v) is 9.78. The van der Waals surface area contributed by atoms with E-state index in [1.165, 1.54) is 21.2 Å². The van der Waals surface area contributed by atoms with E-state index in [2.05, 4.69) is 10.6 Å². The minimum atomic E-state index is -0.504. The first-order valence-electron chi connectivity index (χ1n) is 12.1. The van der Waals surface area contributed by atoms with Gasteiger partial charge in [-0.3, -0.25) is 9.59 Å². The van der Waals surface area contributed by atoms with Crippen LogP contribution < -0.4 is 10.6 Å². The van der Waals surface area contributed by atoms with E-state index in [1.807, 2.05) is 30.3 Å². The second kappa shape index (κ2) is 12.1. The van der Waals surface area contributed by atoms with Gasteiger partial charge in [0, 0.05) is 25.3 Å². The molecule has 2 N–H and O–H groups in total. The number of carbonyl (C=O) groups is 4. The van der Waals surface area contributed by atoms with Crippen LogP contribution in [0.25, 0.3) is 0 Å². The lowest BCUT2D eigenvalue weighted by atomic mass is 10.1. The van der Waals surface area contributed by atoms with E-state index in [4.69, 9.17) is 4.74 Å². The van der Waals surface area contributed by atoms with Crippen molar-refractivity contribution in [1.29, 1.82) is 0 Å². The summed E-state index contributed by atoms with van der Waals surface area (Å²) in [6.07, 6.45) is 5.98. The molecule has 0 radical (unpaired) electrons. The summed E-state index contributed by atoms with van der Waals surface area (Å²) in [5.41, 5.74) is 1.32. The number of fused-ring (bicyclic) bond motifs is 1. The van der Waals surface area contributed by atoms with Crippen LogP contribution in [0.2, 0.25) is 0 Å². The highest BCUT2D eigenvalue weighted by molar-refractivity contribution is 8.04. The van der Waals surface area contributed by atoms with Gasteiger partial charge in [0.05, 0.1) is 12.6 Å². The number of anilines is 1. The van der Waals surface area contributed by atoms with Crippen molar-refractivity contribution in [2.24, 2.45) is 0 Å². The first-order chi connectivity index (χ1) is 17.0. The van der Waals surface area contributed by atoms with Gasteiger partial charge in [0.15, 0.2) is 11.8 Å². The fourth-order valence-corrected chi connectivity index (χ4v) is 5.29. The van der Waals surface area contributed by atoms with Gasteiger partial charge in [0.1, 0.15) is 5.71 Å². The Morgan fingerprint density at radius 1 is 1.11 bits per heavy atom. The van der Waals surface area contributed by atoms with E-state index in [-0.39, 0.29) is 36.9 Å². The second-order valence-electron chi connectivity index (χ2n) is 8.77. The predicted molar refractivity (Wildman–Crippen MR) is 133 cm³/mol. The number of hydrogen-bond acceptors (Lipinski definition) is 6. The van der Waals surface area contributed by atoms with Gasteiger partial charge in [-0.15, -0.1) is 11.8 Å². The van der Waals surface area contributed by atoms with Gasteiger partial charge in [0.2, 0.25) is 5.91 Å². The van der Waals surface area contributed by atoms with Crippen molar-refractivity contribution in [1.82, 2.24) is 10.2 Å². The number of nitrogens with one attached hydrogen (secondary N) is 2. The topological polar surface area (TPSA) is 108 Å². The Morgan fingerprint density at radius 2 is 1.94 bits per heavy atom. The number of benzene rings is 1. The zero-order valence-electron chi connectivity index (χ0n) is 19.6. The third kappa shape index (κ3) is 6.58. The number of urea groups is 1. The molecule has 2 unspecified atom stereocenters. The molecule has 1 fully saturated rings. The summed E-state index contributed by atoms with van der Waals surface area (Å²) < 4.78 is 6.93. The third-order valence-corrected chi connectivity index (χ3v) is 7.19. The van der Waals surface area contributed by atoms with E-state index in [9.17, 15) is 19.2 Å². The molecule has 1 aromatic carbocycles. The zero-order chi connectivity index (χ0) is 24.6. The van der Waals surface area contributed by atoms with Crippen molar-refractivity contribution < 1.29 is 28.5 Å². The number of unbranched alkanes of at least 4 members (excludes halogenated alkanes) is 2. The molecule has 5 amide bonds. The van der Waals surface area contributed by atoms with E-state index >= 15 is 0 Å².